The SMILES string of the molecule is CCC(CNCc1occc1C)NC(=O)OC(C)(C)C. The summed E-state index contributed by atoms with van der Waals surface area (Å²) in [4.78, 5) is 11.7. The van der Waals surface area contributed by atoms with Gasteiger partial charge >= 0.3 is 6.09 Å². The molecule has 1 aromatic heterocycles. The van der Waals surface area contributed by atoms with E-state index in [0.29, 0.717) is 13.1 Å². The van der Waals surface area contributed by atoms with Crippen molar-refractivity contribution in [3.05, 3.63) is 23.7 Å². The Morgan fingerprint density at radius 1 is 1.45 bits per heavy atom. The van der Waals surface area contributed by atoms with Gasteiger partial charge in [0, 0.05) is 12.6 Å². The van der Waals surface area contributed by atoms with E-state index in [2.05, 4.69) is 10.6 Å². The average molecular weight is 282 g/mol. The van der Waals surface area contributed by atoms with Crippen LogP contribution in [0.1, 0.15) is 45.4 Å². The molecule has 1 atom stereocenters. The van der Waals surface area contributed by atoms with Gasteiger partial charge in [0.1, 0.15) is 11.4 Å². The molecule has 5 nitrogen and oxygen atoms in total. The van der Waals surface area contributed by atoms with Crippen LogP contribution in [0.3, 0.4) is 0 Å². The number of ether oxygens (including phenoxy) is 1. The molecule has 114 valence electrons. The first-order valence-electron chi connectivity index (χ1n) is 7.05. The van der Waals surface area contributed by atoms with E-state index in [0.717, 1.165) is 17.7 Å². The summed E-state index contributed by atoms with van der Waals surface area (Å²) in [5.74, 6) is 0.928. The normalized spacial score (nSPS) is 13.1. The highest BCUT2D eigenvalue weighted by Crippen LogP contribution is 2.08. The second-order valence-corrected chi connectivity index (χ2v) is 5.91. The van der Waals surface area contributed by atoms with Crippen molar-refractivity contribution in [1.82, 2.24) is 10.6 Å². The lowest BCUT2D eigenvalue weighted by molar-refractivity contribution is 0.0502. The number of alkyl carbamates (subject to hydrolysis) is 1. The van der Waals surface area contributed by atoms with Gasteiger partial charge in [-0.15, -0.1) is 0 Å². The first kappa shape index (κ1) is 16.6. The Bertz CT molecular complexity index is 421. The Morgan fingerprint density at radius 3 is 2.65 bits per heavy atom. The van der Waals surface area contributed by atoms with E-state index in [1.54, 1.807) is 6.26 Å². The fourth-order valence-corrected chi connectivity index (χ4v) is 1.72. The molecule has 2 N–H and O–H groups in total. The largest absolute Gasteiger partial charge is 0.468 e. The molecule has 1 unspecified atom stereocenters. The molecule has 0 spiro atoms. The minimum Gasteiger partial charge on any atom is -0.468 e. The fraction of sp³-hybridized carbons (Fsp3) is 0.667. The summed E-state index contributed by atoms with van der Waals surface area (Å²) in [5.41, 5.74) is 0.659. The summed E-state index contributed by atoms with van der Waals surface area (Å²) >= 11 is 0. The molecule has 0 bridgehead atoms. The smallest absolute Gasteiger partial charge is 0.407 e. The molecule has 0 aromatic carbocycles. The molecule has 0 fully saturated rings. The van der Waals surface area contributed by atoms with Crippen LogP contribution in [0.25, 0.3) is 0 Å². The summed E-state index contributed by atoms with van der Waals surface area (Å²) in [7, 11) is 0. The molecule has 0 aliphatic carbocycles. The molecule has 0 aliphatic heterocycles. The minimum absolute atomic E-state index is 0.0418. The van der Waals surface area contributed by atoms with Crippen molar-refractivity contribution in [2.75, 3.05) is 6.54 Å². The lowest BCUT2D eigenvalue weighted by Gasteiger charge is -2.23. The maximum atomic E-state index is 11.7. The summed E-state index contributed by atoms with van der Waals surface area (Å²) in [6.07, 6.45) is 2.15. The Balaban J connectivity index is 2.32. The quantitative estimate of drug-likeness (QED) is 0.842. The van der Waals surface area contributed by atoms with Crippen molar-refractivity contribution in [3.8, 4) is 0 Å². The van der Waals surface area contributed by atoms with Gasteiger partial charge in [-0.05, 0) is 45.7 Å². The molecule has 1 amide bonds. The Hall–Kier alpha value is -1.49. The minimum atomic E-state index is -0.471. The third-order valence-corrected chi connectivity index (χ3v) is 2.86. The highest BCUT2D eigenvalue weighted by atomic mass is 16.6. The summed E-state index contributed by atoms with van der Waals surface area (Å²) in [6.45, 7) is 10.9. The van der Waals surface area contributed by atoms with Crippen molar-refractivity contribution in [3.63, 3.8) is 0 Å². The zero-order valence-corrected chi connectivity index (χ0v) is 13.1. The zero-order valence-electron chi connectivity index (χ0n) is 13.1. The maximum absolute atomic E-state index is 11.7. The number of hydrogen-bond acceptors (Lipinski definition) is 4. The highest BCUT2D eigenvalue weighted by molar-refractivity contribution is 5.68. The van der Waals surface area contributed by atoms with E-state index < -0.39 is 5.60 Å². The van der Waals surface area contributed by atoms with Crippen LogP contribution in [0.2, 0.25) is 0 Å². The lowest BCUT2D eigenvalue weighted by atomic mass is 10.2. The molecule has 5 heteroatoms. The molecule has 1 heterocycles. The van der Waals surface area contributed by atoms with Gasteiger partial charge in [-0.2, -0.15) is 0 Å². The number of amides is 1. The van der Waals surface area contributed by atoms with Gasteiger partial charge in [0.05, 0.1) is 12.8 Å². The molecule has 0 saturated carbocycles. The molecule has 0 saturated heterocycles. The molecule has 1 rings (SSSR count). The molecular formula is C15H26N2O3. The molecular weight excluding hydrogens is 256 g/mol. The number of rotatable bonds is 6. The number of hydrogen-bond donors (Lipinski definition) is 2. The number of carbonyl (C=O) groups is 1. The number of aryl methyl sites for hydroxylation is 1. The van der Waals surface area contributed by atoms with E-state index in [-0.39, 0.29) is 12.1 Å². The standard InChI is InChI=1S/C15H26N2O3/c1-6-12(17-14(18)20-15(3,4)5)9-16-10-13-11(2)7-8-19-13/h7-8,12,16H,6,9-10H2,1-5H3,(H,17,18). The van der Waals surface area contributed by atoms with Crippen LogP contribution < -0.4 is 10.6 Å². The number of carbonyl (C=O) groups excluding carboxylic acids is 1. The second kappa shape index (κ2) is 7.33. The van der Waals surface area contributed by atoms with E-state index >= 15 is 0 Å². The van der Waals surface area contributed by atoms with Crippen LogP contribution in [-0.4, -0.2) is 24.3 Å². The van der Waals surface area contributed by atoms with E-state index in [1.807, 2.05) is 40.7 Å². The Kier molecular flexibility index (Phi) is 6.07. The monoisotopic (exact) mass is 282 g/mol. The van der Waals surface area contributed by atoms with Crippen molar-refractivity contribution in [2.45, 2.75) is 59.2 Å². The first-order valence-corrected chi connectivity index (χ1v) is 7.05. The number of furan rings is 1. The van der Waals surface area contributed by atoms with Gasteiger partial charge < -0.3 is 19.8 Å². The van der Waals surface area contributed by atoms with Crippen molar-refractivity contribution < 1.29 is 13.9 Å². The lowest BCUT2D eigenvalue weighted by Crippen LogP contribution is -2.43. The van der Waals surface area contributed by atoms with Crippen molar-refractivity contribution >= 4 is 6.09 Å². The van der Waals surface area contributed by atoms with E-state index in [9.17, 15) is 4.79 Å². The summed E-state index contributed by atoms with van der Waals surface area (Å²) < 4.78 is 10.6. The van der Waals surface area contributed by atoms with E-state index in [1.165, 1.54) is 0 Å². The van der Waals surface area contributed by atoms with Gasteiger partial charge in [0.15, 0.2) is 0 Å². The zero-order chi connectivity index (χ0) is 15.2. The Labute approximate surface area is 121 Å². The van der Waals surface area contributed by atoms with Crippen LogP contribution >= 0.6 is 0 Å². The molecule has 0 radical (unpaired) electrons. The first-order chi connectivity index (χ1) is 9.31. The van der Waals surface area contributed by atoms with Crippen molar-refractivity contribution in [1.29, 1.82) is 0 Å². The fourth-order valence-electron chi connectivity index (χ4n) is 1.72. The van der Waals surface area contributed by atoms with Gasteiger partial charge in [-0.25, -0.2) is 4.79 Å². The van der Waals surface area contributed by atoms with Crippen LogP contribution in [0.5, 0.6) is 0 Å². The van der Waals surface area contributed by atoms with Crippen LogP contribution in [0, 0.1) is 6.92 Å². The van der Waals surface area contributed by atoms with Crippen molar-refractivity contribution in [2.24, 2.45) is 0 Å². The van der Waals surface area contributed by atoms with Crippen LogP contribution in [0.4, 0.5) is 4.79 Å². The third-order valence-electron chi connectivity index (χ3n) is 2.86. The second-order valence-electron chi connectivity index (χ2n) is 5.91. The number of nitrogens with one attached hydrogen (secondary N) is 2. The average Bonchev–Trinajstić information content (AvgIpc) is 2.71. The van der Waals surface area contributed by atoms with Gasteiger partial charge in [-0.1, -0.05) is 6.92 Å². The predicted octanol–water partition coefficient (Wildman–Crippen LogP) is 2.98. The van der Waals surface area contributed by atoms with Gasteiger partial charge in [0.25, 0.3) is 0 Å². The van der Waals surface area contributed by atoms with Gasteiger partial charge in [-0.3, -0.25) is 0 Å². The highest BCUT2D eigenvalue weighted by Gasteiger charge is 2.18. The van der Waals surface area contributed by atoms with E-state index in [4.69, 9.17) is 9.15 Å². The molecule has 0 aliphatic rings. The summed E-state index contributed by atoms with van der Waals surface area (Å²) in [5, 5.41) is 6.15. The van der Waals surface area contributed by atoms with Gasteiger partial charge in [0.2, 0.25) is 0 Å². The molecule has 1 aromatic rings. The topological polar surface area (TPSA) is 63.5 Å². The van der Waals surface area contributed by atoms with Crippen LogP contribution in [-0.2, 0) is 11.3 Å². The Morgan fingerprint density at radius 2 is 2.15 bits per heavy atom. The summed E-state index contributed by atoms with van der Waals surface area (Å²) in [6, 6.07) is 1.98. The third kappa shape index (κ3) is 6.10. The molecule has 20 heavy (non-hydrogen) atoms. The van der Waals surface area contributed by atoms with Crippen LogP contribution in [0.15, 0.2) is 16.7 Å². The predicted molar refractivity (Wildman–Crippen MR) is 78.6 cm³/mol. The maximum Gasteiger partial charge on any atom is 0.407 e.